The standard InChI is InChI=1S/C15H18BrNO4S/c1-10-7-12(16)4-5-13(10)22(20,21)17-8-11-3-2-6-15(11,9-17)14(18)19/h4-5,7,11H,2-3,6,8-9H2,1H3,(H,18,19)/t11-,15+/m0/s1. The van der Waals surface area contributed by atoms with Gasteiger partial charge in [-0.3, -0.25) is 4.79 Å². The van der Waals surface area contributed by atoms with Crippen LogP contribution in [0.1, 0.15) is 24.8 Å². The van der Waals surface area contributed by atoms with Crippen LogP contribution in [-0.2, 0) is 14.8 Å². The maximum absolute atomic E-state index is 12.9. The van der Waals surface area contributed by atoms with E-state index < -0.39 is 21.4 Å². The third-order valence-electron chi connectivity index (χ3n) is 5.02. The van der Waals surface area contributed by atoms with E-state index >= 15 is 0 Å². The van der Waals surface area contributed by atoms with E-state index in [0.717, 1.165) is 17.3 Å². The molecule has 120 valence electrons. The molecular formula is C15H18BrNO4S. The van der Waals surface area contributed by atoms with E-state index in [0.29, 0.717) is 18.5 Å². The van der Waals surface area contributed by atoms with Crippen molar-refractivity contribution in [3.63, 3.8) is 0 Å². The van der Waals surface area contributed by atoms with Gasteiger partial charge in [0.05, 0.1) is 10.3 Å². The molecule has 3 rings (SSSR count). The molecule has 1 aromatic carbocycles. The Morgan fingerprint density at radius 3 is 2.77 bits per heavy atom. The highest BCUT2D eigenvalue weighted by Gasteiger charge is 2.57. The van der Waals surface area contributed by atoms with Gasteiger partial charge in [-0.1, -0.05) is 22.4 Å². The van der Waals surface area contributed by atoms with Crippen LogP contribution in [0.25, 0.3) is 0 Å². The Labute approximate surface area is 138 Å². The van der Waals surface area contributed by atoms with Gasteiger partial charge in [0.1, 0.15) is 0 Å². The van der Waals surface area contributed by atoms with Crippen LogP contribution in [0.2, 0.25) is 0 Å². The summed E-state index contributed by atoms with van der Waals surface area (Å²) in [6.45, 7) is 2.15. The number of rotatable bonds is 3. The number of halogens is 1. The first-order valence-electron chi connectivity index (χ1n) is 7.27. The first kappa shape index (κ1) is 16.0. The number of aryl methyl sites for hydroxylation is 1. The summed E-state index contributed by atoms with van der Waals surface area (Å²) in [6, 6.07) is 5.04. The lowest BCUT2D eigenvalue weighted by Crippen LogP contribution is -2.37. The zero-order chi connectivity index (χ0) is 16.1. The summed E-state index contributed by atoms with van der Waals surface area (Å²) in [4.78, 5) is 12.0. The predicted octanol–water partition coefficient (Wildman–Crippen LogP) is 2.63. The number of benzene rings is 1. The second kappa shape index (κ2) is 5.32. The minimum atomic E-state index is -3.65. The van der Waals surface area contributed by atoms with Crippen LogP contribution in [0.15, 0.2) is 27.6 Å². The molecule has 2 fully saturated rings. The van der Waals surface area contributed by atoms with Gasteiger partial charge in [0, 0.05) is 17.6 Å². The summed E-state index contributed by atoms with van der Waals surface area (Å²) in [5.74, 6) is -0.934. The van der Waals surface area contributed by atoms with Crippen LogP contribution < -0.4 is 0 Å². The SMILES string of the molecule is Cc1cc(Br)ccc1S(=O)(=O)N1C[C@@H]2CCC[C@@]2(C(=O)O)C1. The van der Waals surface area contributed by atoms with Gasteiger partial charge in [-0.25, -0.2) is 8.42 Å². The number of aliphatic carboxylic acids is 1. The van der Waals surface area contributed by atoms with Crippen molar-refractivity contribution in [2.75, 3.05) is 13.1 Å². The number of sulfonamides is 1. The molecule has 1 aliphatic carbocycles. The molecule has 2 atom stereocenters. The molecule has 0 unspecified atom stereocenters. The van der Waals surface area contributed by atoms with E-state index in [1.165, 1.54) is 4.31 Å². The van der Waals surface area contributed by atoms with Gasteiger partial charge in [0.2, 0.25) is 10.0 Å². The molecule has 7 heteroatoms. The lowest BCUT2D eigenvalue weighted by Gasteiger charge is -2.23. The minimum absolute atomic E-state index is 0.0736. The molecule has 1 heterocycles. The summed E-state index contributed by atoms with van der Waals surface area (Å²) in [5.41, 5.74) is -0.230. The molecule has 1 aromatic rings. The van der Waals surface area contributed by atoms with E-state index in [9.17, 15) is 18.3 Å². The summed E-state index contributed by atoms with van der Waals surface area (Å²) in [7, 11) is -3.65. The van der Waals surface area contributed by atoms with Crippen LogP contribution in [0, 0.1) is 18.3 Å². The van der Waals surface area contributed by atoms with Crippen molar-refractivity contribution in [1.82, 2.24) is 4.31 Å². The Hall–Kier alpha value is -0.920. The smallest absolute Gasteiger partial charge is 0.311 e. The fraction of sp³-hybridized carbons (Fsp3) is 0.533. The molecule has 0 amide bonds. The Morgan fingerprint density at radius 2 is 2.18 bits per heavy atom. The number of carbonyl (C=O) groups is 1. The zero-order valence-corrected chi connectivity index (χ0v) is 14.7. The molecule has 1 saturated carbocycles. The minimum Gasteiger partial charge on any atom is -0.481 e. The molecule has 0 aromatic heterocycles. The number of nitrogens with zero attached hydrogens (tertiary/aromatic N) is 1. The molecule has 1 saturated heterocycles. The number of carboxylic acid groups (broad SMARTS) is 1. The van der Waals surface area contributed by atoms with Gasteiger partial charge in [-0.15, -0.1) is 0 Å². The van der Waals surface area contributed by atoms with Crippen molar-refractivity contribution in [1.29, 1.82) is 0 Å². The van der Waals surface area contributed by atoms with E-state index in [4.69, 9.17) is 0 Å². The fourth-order valence-electron chi connectivity index (χ4n) is 3.82. The van der Waals surface area contributed by atoms with Crippen molar-refractivity contribution in [3.05, 3.63) is 28.2 Å². The van der Waals surface area contributed by atoms with Gasteiger partial charge in [-0.05, 0) is 49.4 Å². The molecule has 1 N–H and O–H groups in total. The van der Waals surface area contributed by atoms with Gasteiger partial charge in [0.15, 0.2) is 0 Å². The topological polar surface area (TPSA) is 74.7 Å². The highest BCUT2D eigenvalue weighted by atomic mass is 79.9. The zero-order valence-electron chi connectivity index (χ0n) is 12.3. The maximum atomic E-state index is 12.9. The number of hydrogen-bond donors (Lipinski definition) is 1. The van der Waals surface area contributed by atoms with Gasteiger partial charge in [0.25, 0.3) is 0 Å². The van der Waals surface area contributed by atoms with E-state index in [-0.39, 0.29) is 17.4 Å². The molecular weight excluding hydrogens is 370 g/mol. The Balaban J connectivity index is 1.96. The monoisotopic (exact) mass is 387 g/mol. The Morgan fingerprint density at radius 1 is 1.45 bits per heavy atom. The van der Waals surface area contributed by atoms with Crippen molar-refractivity contribution in [2.45, 2.75) is 31.1 Å². The molecule has 0 bridgehead atoms. The molecule has 22 heavy (non-hydrogen) atoms. The number of fused-ring (bicyclic) bond motifs is 1. The van der Waals surface area contributed by atoms with E-state index in [1.54, 1.807) is 25.1 Å². The second-order valence-electron chi connectivity index (χ2n) is 6.26. The average Bonchev–Trinajstić information content (AvgIpc) is 2.95. The van der Waals surface area contributed by atoms with Crippen molar-refractivity contribution in [3.8, 4) is 0 Å². The highest BCUT2D eigenvalue weighted by Crippen LogP contribution is 2.50. The molecule has 0 radical (unpaired) electrons. The van der Waals surface area contributed by atoms with E-state index in [1.807, 2.05) is 0 Å². The number of hydrogen-bond acceptors (Lipinski definition) is 3. The normalized spacial score (nSPS) is 28.7. The lowest BCUT2D eigenvalue weighted by atomic mass is 9.81. The lowest BCUT2D eigenvalue weighted by molar-refractivity contribution is -0.149. The first-order valence-corrected chi connectivity index (χ1v) is 9.50. The van der Waals surface area contributed by atoms with Crippen LogP contribution >= 0.6 is 15.9 Å². The predicted molar refractivity (Wildman–Crippen MR) is 85.0 cm³/mol. The maximum Gasteiger partial charge on any atom is 0.311 e. The fourth-order valence-corrected chi connectivity index (χ4v) is 6.05. The van der Waals surface area contributed by atoms with Crippen LogP contribution in [0.3, 0.4) is 0 Å². The van der Waals surface area contributed by atoms with Gasteiger partial charge in [-0.2, -0.15) is 4.31 Å². The molecule has 0 spiro atoms. The van der Waals surface area contributed by atoms with Crippen LogP contribution in [-0.4, -0.2) is 36.9 Å². The molecule has 2 aliphatic rings. The first-order chi connectivity index (χ1) is 10.3. The Bertz CT molecular complexity index is 733. The summed E-state index contributed by atoms with van der Waals surface area (Å²) in [5, 5.41) is 9.59. The largest absolute Gasteiger partial charge is 0.481 e. The number of carboxylic acids is 1. The average molecular weight is 388 g/mol. The Kier molecular flexibility index (Phi) is 3.86. The van der Waals surface area contributed by atoms with Gasteiger partial charge < -0.3 is 5.11 Å². The van der Waals surface area contributed by atoms with Crippen molar-refractivity contribution < 1.29 is 18.3 Å². The molecule has 5 nitrogen and oxygen atoms in total. The second-order valence-corrected chi connectivity index (χ2v) is 9.08. The summed E-state index contributed by atoms with van der Waals surface area (Å²) >= 11 is 3.33. The third kappa shape index (κ3) is 2.30. The molecule has 1 aliphatic heterocycles. The van der Waals surface area contributed by atoms with Crippen LogP contribution in [0.4, 0.5) is 0 Å². The van der Waals surface area contributed by atoms with E-state index in [2.05, 4.69) is 15.9 Å². The quantitative estimate of drug-likeness (QED) is 0.864. The third-order valence-corrected chi connectivity index (χ3v) is 7.49. The van der Waals surface area contributed by atoms with Gasteiger partial charge >= 0.3 is 5.97 Å². The van der Waals surface area contributed by atoms with Crippen molar-refractivity contribution in [2.24, 2.45) is 11.3 Å². The van der Waals surface area contributed by atoms with Crippen molar-refractivity contribution >= 4 is 31.9 Å². The summed E-state index contributed by atoms with van der Waals surface area (Å²) < 4.78 is 27.9. The van der Waals surface area contributed by atoms with Crippen LogP contribution in [0.5, 0.6) is 0 Å². The highest BCUT2D eigenvalue weighted by molar-refractivity contribution is 9.10. The summed E-state index contributed by atoms with van der Waals surface area (Å²) in [6.07, 6.45) is 2.22.